The largest absolute Gasteiger partial charge is 0.330 e. The van der Waals surface area contributed by atoms with Gasteiger partial charge in [0.1, 0.15) is 0 Å². The van der Waals surface area contributed by atoms with Crippen LogP contribution in [0, 0.1) is 5.92 Å². The Kier molecular flexibility index (Phi) is 5.26. The van der Waals surface area contributed by atoms with Gasteiger partial charge >= 0.3 is 0 Å². The second kappa shape index (κ2) is 6.72. The van der Waals surface area contributed by atoms with Gasteiger partial charge in [-0.05, 0) is 77.7 Å². The maximum atomic E-state index is 5.64. The normalized spacial score (nSPS) is 26.5. The van der Waals surface area contributed by atoms with Crippen molar-refractivity contribution in [2.45, 2.75) is 45.1 Å². The molecule has 2 fully saturated rings. The molecule has 0 saturated carbocycles. The lowest BCUT2D eigenvalue weighted by Gasteiger charge is -2.37. The Morgan fingerprint density at radius 3 is 2.35 bits per heavy atom. The van der Waals surface area contributed by atoms with E-state index in [2.05, 4.69) is 16.7 Å². The van der Waals surface area contributed by atoms with E-state index in [1.54, 1.807) is 0 Å². The number of likely N-dealkylation sites (tertiary alicyclic amines) is 2. The van der Waals surface area contributed by atoms with Crippen LogP contribution in [-0.2, 0) is 0 Å². The molecule has 0 radical (unpaired) electrons. The molecule has 2 saturated heterocycles. The second-order valence-corrected chi connectivity index (χ2v) is 5.91. The molecule has 2 aliphatic rings. The van der Waals surface area contributed by atoms with E-state index in [0.29, 0.717) is 6.04 Å². The Bertz CT molecular complexity index is 206. The fourth-order valence-electron chi connectivity index (χ4n) is 3.33. The molecule has 2 heterocycles. The number of piperidine rings is 1. The van der Waals surface area contributed by atoms with Gasteiger partial charge in [-0.2, -0.15) is 0 Å². The van der Waals surface area contributed by atoms with E-state index in [9.17, 15) is 0 Å². The molecule has 0 bridgehead atoms. The monoisotopic (exact) mass is 239 g/mol. The maximum absolute atomic E-state index is 5.64. The van der Waals surface area contributed by atoms with Gasteiger partial charge in [0.2, 0.25) is 0 Å². The molecule has 2 N–H and O–H groups in total. The van der Waals surface area contributed by atoms with Gasteiger partial charge < -0.3 is 15.5 Å². The van der Waals surface area contributed by atoms with E-state index >= 15 is 0 Å². The van der Waals surface area contributed by atoms with Crippen LogP contribution in [0.5, 0.6) is 0 Å². The average Bonchev–Trinajstić information content (AvgIpc) is 2.83. The van der Waals surface area contributed by atoms with Crippen LogP contribution in [-0.4, -0.2) is 55.1 Å². The summed E-state index contributed by atoms with van der Waals surface area (Å²) >= 11 is 0. The highest BCUT2D eigenvalue weighted by atomic mass is 15.2. The molecule has 0 aromatic rings. The van der Waals surface area contributed by atoms with Crippen LogP contribution in [0.2, 0.25) is 0 Å². The highest BCUT2D eigenvalue weighted by Gasteiger charge is 2.24. The van der Waals surface area contributed by atoms with Gasteiger partial charge in [-0.3, -0.25) is 0 Å². The van der Waals surface area contributed by atoms with Crippen LogP contribution in [0.15, 0.2) is 0 Å². The van der Waals surface area contributed by atoms with Crippen molar-refractivity contribution >= 4 is 0 Å². The van der Waals surface area contributed by atoms with Gasteiger partial charge in [0.15, 0.2) is 0 Å². The quantitative estimate of drug-likeness (QED) is 0.790. The number of hydrogen-bond acceptors (Lipinski definition) is 3. The summed E-state index contributed by atoms with van der Waals surface area (Å²) in [5.74, 6) is 0.953. The zero-order valence-electron chi connectivity index (χ0n) is 11.4. The van der Waals surface area contributed by atoms with Crippen LogP contribution < -0.4 is 5.73 Å². The van der Waals surface area contributed by atoms with Crippen LogP contribution in [0.25, 0.3) is 0 Å². The topological polar surface area (TPSA) is 32.5 Å². The average molecular weight is 239 g/mol. The highest BCUT2D eigenvalue weighted by Crippen LogP contribution is 2.22. The smallest absolute Gasteiger partial charge is 0.00789 e. The first-order valence-corrected chi connectivity index (χ1v) is 7.46. The summed E-state index contributed by atoms with van der Waals surface area (Å²) in [5.41, 5.74) is 5.64. The zero-order chi connectivity index (χ0) is 12.1. The molecule has 2 rings (SSSR count). The molecule has 3 nitrogen and oxygen atoms in total. The Hall–Kier alpha value is -0.120. The molecule has 2 aliphatic heterocycles. The first-order chi connectivity index (χ1) is 8.29. The molecule has 1 unspecified atom stereocenters. The third kappa shape index (κ3) is 3.94. The van der Waals surface area contributed by atoms with Crippen LogP contribution >= 0.6 is 0 Å². The molecule has 0 aliphatic carbocycles. The summed E-state index contributed by atoms with van der Waals surface area (Å²) in [6.45, 7) is 9.80. The molecule has 0 amide bonds. The van der Waals surface area contributed by atoms with Crippen molar-refractivity contribution in [3.63, 3.8) is 0 Å². The zero-order valence-corrected chi connectivity index (χ0v) is 11.4. The van der Waals surface area contributed by atoms with Gasteiger partial charge in [0.25, 0.3) is 0 Å². The summed E-state index contributed by atoms with van der Waals surface area (Å²) in [6.07, 6.45) is 6.78. The maximum Gasteiger partial charge on any atom is 0.00789 e. The summed E-state index contributed by atoms with van der Waals surface area (Å²) in [6, 6.07) is 0.688. The molecule has 3 heteroatoms. The van der Waals surface area contributed by atoms with E-state index in [1.165, 1.54) is 58.4 Å². The van der Waals surface area contributed by atoms with Crippen molar-refractivity contribution in [1.82, 2.24) is 9.80 Å². The lowest BCUT2D eigenvalue weighted by molar-refractivity contribution is 0.119. The van der Waals surface area contributed by atoms with Gasteiger partial charge in [0, 0.05) is 12.6 Å². The van der Waals surface area contributed by atoms with Crippen LogP contribution in [0.4, 0.5) is 0 Å². The molecule has 0 aromatic heterocycles. The Balaban J connectivity index is 1.66. The summed E-state index contributed by atoms with van der Waals surface area (Å²) in [7, 11) is 0. The fourth-order valence-corrected chi connectivity index (χ4v) is 3.33. The second-order valence-electron chi connectivity index (χ2n) is 5.91. The van der Waals surface area contributed by atoms with Gasteiger partial charge in [-0.15, -0.1) is 0 Å². The predicted molar refractivity (Wildman–Crippen MR) is 73.1 cm³/mol. The molecule has 0 aromatic carbocycles. The van der Waals surface area contributed by atoms with Crippen molar-refractivity contribution < 1.29 is 0 Å². The van der Waals surface area contributed by atoms with Crippen molar-refractivity contribution in [3.8, 4) is 0 Å². The predicted octanol–water partition coefficient (Wildman–Crippen LogP) is 1.53. The van der Waals surface area contributed by atoms with Gasteiger partial charge in [0.05, 0.1) is 0 Å². The Morgan fingerprint density at radius 2 is 1.76 bits per heavy atom. The van der Waals surface area contributed by atoms with Gasteiger partial charge in [-0.25, -0.2) is 0 Å². The van der Waals surface area contributed by atoms with E-state index in [-0.39, 0.29) is 0 Å². The number of nitrogens with two attached hydrogens (primary N) is 1. The highest BCUT2D eigenvalue weighted by molar-refractivity contribution is 4.79. The molecular formula is C14H29N3. The minimum atomic E-state index is 0.688. The number of nitrogens with zero attached hydrogens (tertiary/aromatic N) is 2. The molecule has 100 valence electrons. The summed E-state index contributed by atoms with van der Waals surface area (Å²) in [5, 5.41) is 0. The van der Waals surface area contributed by atoms with Crippen molar-refractivity contribution in [1.29, 1.82) is 0 Å². The first-order valence-electron chi connectivity index (χ1n) is 7.46. The van der Waals surface area contributed by atoms with Crippen LogP contribution in [0.3, 0.4) is 0 Å². The lowest BCUT2D eigenvalue weighted by Crippen LogP contribution is -2.43. The summed E-state index contributed by atoms with van der Waals surface area (Å²) in [4.78, 5) is 5.30. The van der Waals surface area contributed by atoms with Crippen molar-refractivity contribution in [2.75, 3.05) is 39.3 Å². The minimum Gasteiger partial charge on any atom is -0.330 e. The fraction of sp³-hybridized carbons (Fsp3) is 1.00. The third-order valence-corrected chi connectivity index (χ3v) is 4.57. The molecule has 17 heavy (non-hydrogen) atoms. The number of rotatable bonds is 5. The first kappa shape index (κ1) is 13.3. The van der Waals surface area contributed by atoms with E-state index < -0.39 is 0 Å². The molecule has 1 atom stereocenters. The Labute approximate surface area is 106 Å². The summed E-state index contributed by atoms with van der Waals surface area (Å²) < 4.78 is 0. The van der Waals surface area contributed by atoms with E-state index in [4.69, 9.17) is 5.73 Å². The standard InChI is InChI=1S/C14H29N3/c1-13(4-7-15)17-10-5-14(6-11-17)12-16-8-2-3-9-16/h13-14H,2-12,15H2,1H3. The van der Waals surface area contributed by atoms with E-state index in [1.807, 2.05) is 0 Å². The van der Waals surface area contributed by atoms with Crippen LogP contribution in [0.1, 0.15) is 39.0 Å². The lowest BCUT2D eigenvalue weighted by atomic mass is 9.95. The SMILES string of the molecule is CC(CCN)N1CCC(CN2CCCC2)CC1. The van der Waals surface area contributed by atoms with E-state index in [0.717, 1.165) is 18.9 Å². The number of hydrogen-bond donors (Lipinski definition) is 1. The third-order valence-electron chi connectivity index (χ3n) is 4.57. The van der Waals surface area contributed by atoms with Crippen molar-refractivity contribution in [2.24, 2.45) is 11.7 Å². The Morgan fingerprint density at radius 1 is 1.12 bits per heavy atom. The van der Waals surface area contributed by atoms with Crippen molar-refractivity contribution in [3.05, 3.63) is 0 Å². The minimum absolute atomic E-state index is 0.688. The molecular weight excluding hydrogens is 210 g/mol. The van der Waals surface area contributed by atoms with Gasteiger partial charge in [-0.1, -0.05) is 0 Å². The molecule has 0 spiro atoms.